The van der Waals surface area contributed by atoms with Crippen molar-refractivity contribution in [2.45, 2.75) is 26.4 Å². The number of aromatic carboxylic acids is 1. The second-order valence-electron chi connectivity index (χ2n) is 5.10. The molecule has 0 saturated heterocycles. The van der Waals surface area contributed by atoms with Crippen molar-refractivity contribution in [3.8, 4) is 0 Å². The van der Waals surface area contributed by atoms with E-state index >= 15 is 0 Å². The molecule has 19 heavy (non-hydrogen) atoms. The molecular formula is C13H14N2O4. The van der Waals surface area contributed by atoms with E-state index in [0.29, 0.717) is 10.9 Å². The molecule has 0 aliphatic rings. The first-order valence-corrected chi connectivity index (χ1v) is 5.72. The number of carboxylic acid groups (broad SMARTS) is 1. The number of nitrogens with zero attached hydrogens (tertiary/aromatic N) is 2. The van der Waals surface area contributed by atoms with Crippen LogP contribution in [0.15, 0.2) is 24.5 Å². The predicted octanol–water partition coefficient (Wildman–Crippen LogP) is 2.52. The number of carboxylic acids is 1. The van der Waals surface area contributed by atoms with Crippen molar-refractivity contribution < 1.29 is 19.4 Å². The van der Waals surface area contributed by atoms with Crippen LogP contribution in [0.3, 0.4) is 0 Å². The molecule has 0 atom stereocenters. The fourth-order valence-electron chi connectivity index (χ4n) is 1.62. The van der Waals surface area contributed by atoms with Crippen molar-refractivity contribution in [3.63, 3.8) is 0 Å². The molecule has 0 unspecified atom stereocenters. The number of carbonyl (C=O) groups is 2. The first kappa shape index (κ1) is 13.1. The van der Waals surface area contributed by atoms with Crippen molar-refractivity contribution >= 4 is 23.0 Å². The van der Waals surface area contributed by atoms with Crippen LogP contribution >= 0.6 is 0 Å². The minimum atomic E-state index is -1.10. The number of fused-ring (bicyclic) bond motifs is 1. The third-order valence-corrected chi connectivity index (χ3v) is 2.39. The van der Waals surface area contributed by atoms with Crippen LogP contribution in [-0.4, -0.2) is 32.3 Å². The van der Waals surface area contributed by atoms with Gasteiger partial charge in [0.25, 0.3) is 0 Å². The quantitative estimate of drug-likeness (QED) is 0.853. The van der Waals surface area contributed by atoms with Gasteiger partial charge < -0.3 is 9.84 Å². The number of hydrogen-bond donors (Lipinski definition) is 1. The van der Waals surface area contributed by atoms with Crippen LogP contribution in [0.4, 0.5) is 4.79 Å². The van der Waals surface area contributed by atoms with Crippen LogP contribution in [0.2, 0.25) is 0 Å². The average Bonchev–Trinajstić information content (AvgIpc) is 2.68. The number of aromatic nitrogens is 2. The maximum absolute atomic E-state index is 12.0. The minimum absolute atomic E-state index is 0.0607. The van der Waals surface area contributed by atoms with E-state index < -0.39 is 17.7 Å². The highest BCUT2D eigenvalue weighted by Crippen LogP contribution is 2.18. The lowest BCUT2D eigenvalue weighted by Crippen LogP contribution is -2.26. The predicted molar refractivity (Wildman–Crippen MR) is 68.3 cm³/mol. The number of pyridine rings is 1. The molecule has 2 aromatic heterocycles. The van der Waals surface area contributed by atoms with Crippen LogP contribution in [0.25, 0.3) is 10.9 Å². The van der Waals surface area contributed by atoms with Gasteiger partial charge in [0.05, 0.1) is 11.7 Å². The van der Waals surface area contributed by atoms with E-state index in [0.717, 1.165) is 0 Å². The standard InChI is InChI=1S/C13H14N2O4/c1-13(2,3)19-12(18)15-5-4-8-6-9(11(16)17)14-7-10(8)15/h4-7H,1-3H3,(H,16,17). The van der Waals surface area contributed by atoms with E-state index in [1.54, 1.807) is 26.8 Å². The molecule has 100 valence electrons. The summed E-state index contributed by atoms with van der Waals surface area (Å²) < 4.78 is 6.55. The summed E-state index contributed by atoms with van der Waals surface area (Å²) in [6.07, 6.45) is 2.36. The van der Waals surface area contributed by atoms with E-state index in [-0.39, 0.29) is 5.69 Å². The van der Waals surface area contributed by atoms with Gasteiger partial charge in [0.2, 0.25) is 0 Å². The molecule has 1 N–H and O–H groups in total. The van der Waals surface area contributed by atoms with Gasteiger partial charge in [-0.15, -0.1) is 0 Å². The summed E-state index contributed by atoms with van der Waals surface area (Å²) in [5.74, 6) is -1.10. The molecule has 0 aromatic carbocycles. The Hall–Kier alpha value is -2.37. The van der Waals surface area contributed by atoms with Crippen molar-refractivity contribution in [2.24, 2.45) is 0 Å². The Morgan fingerprint density at radius 1 is 1.37 bits per heavy atom. The number of carbonyl (C=O) groups excluding carboxylic acids is 1. The monoisotopic (exact) mass is 262 g/mol. The lowest BCUT2D eigenvalue weighted by Gasteiger charge is -2.19. The first-order valence-electron chi connectivity index (χ1n) is 5.72. The van der Waals surface area contributed by atoms with Crippen LogP contribution < -0.4 is 0 Å². The highest BCUT2D eigenvalue weighted by molar-refractivity contribution is 5.94. The highest BCUT2D eigenvalue weighted by Gasteiger charge is 2.19. The zero-order valence-corrected chi connectivity index (χ0v) is 10.9. The Labute approximate surface area is 109 Å². The summed E-state index contributed by atoms with van der Waals surface area (Å²) in [5, 5.41) is 9.48. The molecule has 0 aliphatic carbocycles. The Morgan fingerprint density at radius 2 is 2.05 bits per heavy atom. The van der Waals surface area contributed by atoms with E-state index in [9.17, 15) is 9.59 Å². The molecule has 0 bridgehead atoms. The third kappa shape index (κ3) is 2.73. The van der Waals surface area contributed by atoms with Crippen LogP contribution in [-0.2, 0) is 4.74 Å². The molecule has 0 aliphatic heterocycles. The Bertz CT molecular complexity index is 652. The van der Waals surface area contributed by atoms with Crippen LogP contribution in [0, 0.1) is 0 Å². The third-order valence-electron chi connectivity index (χ3n) is 2.39. The molecular weight excluding hydrogens is 248 g/mol. The summed E-state index contributed by atoms with van der Waals surface area (Å²) in [7, 11) is 0. The van der Waals surface area contributed by atoms with Gasteiger partial charge >= 0.3 is 12.1 Å². The molecule has 0 spiro atoms. The van der Waals surface area contributed by atoms with Gasteiger partial charge in [-0.05, 0) is 32.9 Å². The molecule has 2 heterocycles. The zero-order valence-electron chi connectivity index (χ0n) is 10.9. The maximum Gasteiger partial charge on any atom is 0.419 e. The zero-order chi connectivity index (χ0) is 14.2. The topological polar surface area (TPSA) is 81.4 Å². The number of rotatable bonds is 1. The van der Waals surface area contributed by atoms with Gasteiger partial charge in [-0.1, -0.05) is 0 Å². The molecule has 2 rings (SSSR count). The van der Waals surface area contributed by atoms with Crippen molar-refractivity contribution in [1.82, 2.24) is 9.55 Å². The van der Waals surface area contributed by atoms with Gasteiger partial charge in [-0.25, -0.2) is 14.6 Å². The van der Waals surface area contributed by atoms with Crippen molar-refractivity contribution in [3.05, 3.63) is 30.2 Å². The molecule has 0 saturated carbocycles. The summed E-state index contributed by atoms with van der Waals surface area (Å²) >= 11 is 0. The van der Waals surface area contributed by atoms with Gasteiger partial charge in [0, 0.05) is 11.6 Å². The second kappa shape index (κ2) is 4.38. The molecule has 6 nitrogen and oxygen atoms in total. The lowest BCUT2D eigenvalue weighted by atomic mass is 10.2. The molecule has 0 radical (unpaired) electrons. The number of ether oxygens (including phenoxy) is 1. The van der Waals surface area contributed by atoms with Crippen LogP contribution in [0.1, 0.15) is 31.3 Å². The smallest absolute Gasteiger partial charge is 0.419 e. The summed E-state index contributed by atoms with van der Waals surface area (Å²) in [5.41, 5.74) is -0.143. The Morgan fingerprint density at radius 3 is 2.63 bits per heavy atom. The molecule has 6 heteroatoms. The molecule has 0 fully saturated rings. The van der Waals surface area contributed by atoms with E-state index in [2.05, 4.69) is 4.98 Å². The second-order valence-corrected chi connectivity index (χ2v) is 5.10. The minimum Gasteiger partial charge on any atom is -0.477 e. The SMILES string of the molecule is CC(C)(C)OC(=O)n1ccc2cc(C(=O)O)ncc21. The van der Waals surface area contributed by atoms with E-state index in [1.165, 1.54) is 23.0 Å². The summed E-state index contributed by atoms with van der Waals surface area (Å²) in [6.45, 7) is 5.33. The van der Waals surface area contributed by atoms with Gasteiger partial charge in [-0.3, -0.25) is 4.57 Å². The molecule has 0 amide bonds. The summed E-state index contributed by atoms with van der Waals surface area (Å²) in [4.78, 5) is 26.6. The van der Waals surface area contributed by atoms with Crippen LogP contribution in [0.5, 0.6) is 0 Å². The van der Waals surface area contributed by atoms with Crippen molar-refractivity contribution in [1.29, 1.82) is 0 Å². The van der Waals surface area contributed by atoms with Gasteiger partial charge in [0.1, 0.15) is 11.3 Å². The fraction of sp³-hybridized carbons (Fsp3) is 0.308. The van der Waals surface area contributed by atoms with E-state index in [1.807, 2.05) is 0 Å². The highest BCUT2D eigenvalue weighted by atomic mass is 16.6. The largest absolute Gasteiger partial charge is 0.477 e. The summed E-state index contributed by atoms with van der Waals surface area (Å²) in [6, 6.07) is 3.06. The lowest BCUT2D eigenvalue weighted by molar-refractivity contribution is 0.0544. The Kier molecular flexibility index (Phi) is 3.01. The normalized spacial score (nSPS) is 11.5. The Balaban J connectivity index is 2.41. The van der Waals surface area contributed by atoms with Crippen molar-refractivity contribution in [2.75, 3.05) is 0 Å². The van der Waals surface area contributed by atoms with Gasteiger partial charge in [0.15, 0.2) is 0 Å². The van der Waals surface area contributed by atoms with E-state index in [4.69, 9.17) is 9.84 Å². The number of hydrogen-bond acceptors (Lipinski definition) is 4. The maximum atomic E-state index is 12.0. The average molecular weight is 262 g/mol. The van der Waals surface area contributed by atoms with Gasteiger partial charge in [-0.2, -0.15) is 0 Å². The first-order chi connectivity index (χ1) is 8.78. The molecule has 2 aromatic rings. The fourth-order valence-corrected chi connectivity index (χ4v) is 1.62.